The minimum absolute atomic E-state index is 0.436. The SMILES string of the molecule is CC1CC(N2CCC(N)C2)CC(C)(C)C1. The van der Waals surface area contributed by atoms with E-state index < -0.39 is 0 Å². The summed E-state index contributed by atoms with van der Waals surface area (Å²) in [6.07, 6.45) is 5.34. The van der Waals surface area contributed by atoms with Crippen molar-refractivity contribution < 1.29 is 0 Å². The maximum atomic E-state index is 5.99. The molecule has 1 saturated heterocycles. The first-order valence-electron chi connectivity index (χ1n) is 6.46. The van der Waals surface area contributed by atoms with Crippen LogP contribution in [0.5, 0.6) is 0 Å². The van der Waals surface area contributed by atoms with Crippen LogP contribution < -0.4 is 5.73 Å². The van der Waals surface area contributed by atoms with Gasteiger partial charge < -0.3 is 5.73 Å². The molecule has 0 aromatic heterocycles. The van der Waals surface area contributed by atoms with E-state index in [-0.39, 0.29) is 0 Å². The van der Waals surface area contributed by atoms with Gasteiger partial charge in [0.15, 0.2) is 0 Å². The van der Waals surface area contributed by atoms with E-state index in [9.17, 15) is 0 Å². The normalized spacial score (nSPS) is 42.0. The van der Waals surface area contributed by atoms with Crippen molar-refractivity contribution in [2.24, 2.45) is 17.1 Å². The van der Waals surface area contributed by atoms with Gasteiger partial charge in [-0.05, 0) is 37.0 Å². The predicted octanol–water partition coefficient (Wildman–Crippen LogP) is 2.23. The van der Waals surface area contributed by atoms with Crippen molar-refractivity contribution in [2.45, 2.75) is 58.5 Å². The molecular formula is C13H26N2. The molecule has 2 fully saturated rings. The van der Waals surface area contributed by atoms with Crippen LogP contribution >= 0.6 is 0 Å². The van der Waals surface area contributed by atoms with E-state index in [4.69, 9.17) is 5.73 Å². The van der Waals surface area contributed by atoms with E-state index in [2.05, 4.69) is 25.7 Å². The number of nitrogens with zero attached hydrogens (tertiary/aromatic N) is 1. The summed E-state index contributed by atoms with van der Waals surface area (Å²) in [5.74, 6) is 0.885. The summed E-state index contributed by atoms with van der Waals surface area (Å²) in [6, 6.07) is 1.24. The highest BCUT2D eigenvalue weighted by Gasteiger charge is 2.36. The van der Waals surface area contributed by atoms with Crippen LogP contribution in [0.3, 0.4) is 0 Å². The Balaban J connectivity index is 1.97. The Hall–Kier alpha value is -0.0800. The molecule has 0 aromatic rings. The van der Waals surface area contributed by atoms with Gasteiger partial charge in [0.25, 0.3) is 0 Å². The molecule has 2 N–H and O–H groups in total. The highest BCUT2D eigenvalue weighted by molar-refractivity contribution is 4.91. The van der Waals surface area contributed by atoms with Crippen LogP contribution in [0, 0.1) is 11.3 Å². The second kappa shape index (κ2) is 4.06. The van der Waals surface area contributed by atoms with Crippen LogP contribution in [0.15, 0.2) is 0 Å². The molecule has 0 aromatic carbocycles. The average molecular weight is 210 g/mol. The van der Waals surface area contributed by atoms with Gasteiger partial charge in [0.2, 0.25) is 0 Å². The summed E-state index contributed by atoms with van der Waals surface area (Å²) in [4.78, 5) is 2.64. The number of nitrogens with two attached hydrogens (primary N) is 1. The van der Waals surface area contributed by atoms with Crippen molar-refractivity contribution in [3.05, 3.63) is 0 Å². The largest absolute Gasteiger partial charge is 0.326 e. The third kappa shape index (κ3) is 2.73. The highest BCUT2D eigenvalue weighted by atomic mass is 15.2. The van der Waals surface area contributed by atoms with Crippen molar-refractivity contribution in [1.82, 2.24) is 4.90 Å². The monoisotopic (exact) mass is 210 g/mol. The lowest BCUT2D eigenvalue weighted by Gasteiger charge is -2.42. The zero-order chi connectivity index (χ0) is 11.1. The van der Waals surface area contributed by atoms with Gasteiger partial charge in [0.05, 0.1) is 0 Å². The van der Waals surface area contributed by atoms with Crippen LogP contribution in [0.25, 0.3) is 0 Å². The van der Waals surface area contributed by atoms with E-state index in [1.807, 2.05) is 0 Å². The molecule has 15 heavy (non-hydrogen) atoms. The molecule has 3 unspecified atom stereocenters. The van der Waals surface area contributed by atoms with Crippen LogP contribution in [-0.4, -0.2) is 30.1 Å². The lowest BCUT2D eigenvalue weighted by atomic mass is 9.70. The summed E-state index contributed by atoms with van der Waals surface area (Å²) in [6.45, 7) is 9.61. The molecular weight excluding hydrogens is 184 g/mol. The standard InChI is InChI=1S/C13H26N2/c1-10-6-12(8-13(2,3)7-10)15-5-4-11(14)9-15/h10-12H,4-9,14H2,1-3H3. The molecule has 1 heterocycles. The lowest BCUT2D eigenvalue weighted by molar-refractivity contribution is 0.0812. The number of likely N-dealkylation sites (tertiary alicyclic amines) is 1. The highest BCUT2D eigenvalue weighted by Crippen LogP contribution is 2.40. The predicted molar refractivity (Wildman–Crippen MR) is 64.7 cm³/mol. The molecule has 2 aliphatic rings. The van der Waals surface area contributed by atoms with Crippen molar-refractivity contribution in [1.29, 1.82) is 0 Å². The van der Waals surface area contributed by atoms with Gasteiger partial charge in [0.1, 0.15) is 0 Å². The van der Waals surface area contributed by atoms with Crippen LogP contribution in [-0.2, 0) is 0 Å². The fraction of sp³-hybridized carbons (Fsp3) is 1.00. The van der Waals surface area contributed by atoms with E-state index >= 15 is 0 Å². The smallest absolute Gasteiger partial charge is 0.0180 e. The molecule has 2 heteroatoms. The summed E-state index contributed by atoms with van der Waals surface area (Å²) in [7, 11) is 0. The second-order valence-electron chi connectivity index (χ2n) is 6.61. The first-order chi connectivity index (χ1) is 6.96. The first-order valence-corrected chi connectivity index (χ1v) is 6.46. The van der Waals surface area contributed by atoms with Gasteiger partial charge in [0, 0.05) is 25.2 Å². The Labute approximate surface area is 94.2 Å². The third-order valence-electron chi connectivity index (χ3n) is 4.14. The van der Waals surface area contributed by atoms with E-state index in [1.54, 1.807) is 0 Å². The van der Waals surface area contributed by atoms with E-state index in [0.717, 1.165) is 18.5 Å². The molecule has 1 aliphatic heterocycles. The molecule has 2 rings (SSSR count). The minimum Gasteiger partial charge on any atom is -0.326 e. The molecule has 0 bridgehead atoms. The Morgan fingerprint density at radius 2 is 2.00 bits per heavy atom. The Morgan fingerprint density at radius 1 is 1.27 bits per heavy atom. The number of hydrogen-bond acceptors (Lipinski definition) is 2. The number of hydrogen-bond donors (Lipinski definition) is 1. The molecule has 88 valence electrons. The maximum absolute atomic E-state index is 5.99. The van der Waals surface area contributed by atoms with E-state index in [0.29, 0.717) is 11.5 Å². The fourth-order valence-corrected chi connectivity index (χ4v) is 3.72. The van der Waals surface area contributed by atoms with Gasteiger partial charge in [-0.25, -0.2) is 0 Å². The first kappa shape index (κ1) is 11.4. The summed E-state index contributed by atoms with van der Waals surface area (Å²) in [5.41, 5.74) is 6.53. The summed E-state index contributed by atoms with van der Waals surface area (Å²) >= 11 is 0. The van der Waals surface area contributed by atoms with Gasteiger partial charge in [-0.1, -0.05) is 20.8 Å². The average Bonchev–Trinajstić information content (AvgIpc) is 2.48. The molecule has 0 spiro atoms. The molecule has 1 aliphatic carbocycles. The third-order valence-corrected chi connectivity index (χ3v) is 4.14. The van der Waals surface area contributed by atoms with E-state index in [1.165, 1.54) is 32.2 Å². The van der Waals surface area contributed by atoms with Gasteiger partial charge in [-0.2, -0.15) is 0 Å². The second-order valence-corrected chi connectivity index (χ2v) is 6.61. The molecule has 0 amide bonds. The van der Waals surface area contributed by atoms with Crippen LogP contribution in [0.1, 0.15) is 46.5 Å². The van der Waals surface area contributed by atoms with Crippen molar-refractivity contribution in [3.8, 4) is 0 Å². The minimum atomic E-state index is 0.436. The summed E-state index contributed by atoms with van der Waals surface area (Å²) in [5, 5.41) is 0. The van der Waals surface area contributed by atoms with Gasteiger partial charge in [-0.3, -0.25) is 4.90 Å². The number of rotatable bonds is 1. The molecule has 1 saturated carbocycles. The quantitative estimate of drug-likeness (QED) is 0.719. The topological polar surface area (TPSA) is 29.3 Å². The van der Waals surface area contributed by atoms with Crippen molar-refractivity contribution >= 4 is 0 Å². The zero-order valence-corrected chi connectivity index (χ0v) is 10.5. The van der Waals surface area contributed by atoms with Crippen LogP contribution in [0.2, 0.25) is 0 Å². The Morgan fingerprint density at radius 3 is 2.53 bits per heavy atom. The molecule has 2 nitrogen and oxygen atoms in total. The lowest BCUT2D eigenvalue weighted by Crippen LogP contribution is -2.43. The summed E-state index contributed by atoms with van der Waals surface area (Å²) < 4.78 is 0. The van der Waals surface area contributed by atoms with Crippen molar-refractivity contribution in [2.75, 3.05) is 13.1 Å². The Kier molecular flexibility index (Phi) is 3.09. The zero-order valence-electron chi connectivity index (χ0n) is 10.5. The van der Waals surface area contributed by atoms with Gasteiger partial charge >= 0.3 is 0 Å². The van der Waals surface area contributed by atoms with Crippen LogP contribution in [0.4, 0.5) is 0 Å². The molecule has 0 radical (unpaired) electrons. The van der Waals surface area contributed by atoms with Crippen molar-refractivity contribution in [3.63, 3.8) is 0 Å². The fourth-order valence-electron chi connectivity index (χ4n) is 3.72. The maximum Gasteiger partial charge on any atom is 0.0180 e. The molecule has 3 atom stereocenters. The van der Waals surface area contributed by atoms with Gasteiger partial charge in [-0.15, -0.1) is 0 Å². The Bertz CT molecular complexity index is 225.